The van der Waals surface area contributed by atoms with E-state index in [0.717, 1.165) is 30.0 Å². The molecule has 2 aromatic carbocycles. The van der Waals surface area contributed by atoms with Gasteiger partial charge in [-0.05, 0) is 62.4 Å². The van der Waals surface area contributed by atoms with Crippen LogP contribution in [0, 0.1) is 24.4 Å². The Balaban J connectivity index is 2.47. The lowest BCUT2D eigenvalue weighted by Crippen LogP contribution is -2.13. The smallest absolute Gasteiger partial charge is 0.137 e. The molecule has 2 aromatic rings. The maximum absolute atomic E-state index is 13.8. The van der Waals surface area contributed by atoms with Gasteiger partial charge >= 0.3 is 0 Å². The summed E-state index contributed by atoms with van der Waals surface area (Å²) < 4.78 is 40.8. The lowest BCUT2D eigenvalue weighted by Gasteiger charge is -2.17. The van der Waals surface area contributed by atoms with Crippen molar-refractivity contribution < 1.29 is 13.2 Å². The van der Waals surface area contributed by atoms with Gasteiger partial charge in [0, 0.05) is 10.9 Å². The molecule has 0 heterocycles. The van der Waals surface area contributed by atoms with E-state index in [1.807, 2.05) is 6.92 Å². The van der Waals surface area contributed by atoms with Gasteiger partial charge in [-0.25, -0.2) is 13.2 Å². The van der Waals surface area contributed by atoms with Crippen molar-refractivity contribution in [3.05, 3.63) is 58.9 Å². The van der Waals surface area contributed by atoms with E-state index in [2.05, 4.69) is 5.32 Å². The highest BCUT2D eigenvalue weighted by Crippen LogP contribution is 2.36. The predicted molar refractivity (Wildman–Crippen MR) is 79.1 cm³/mol. The lowest BCUT2D eigenvalue weighted by atomic mass is 10.1. The summed E-state index contributed by atoms with van der Waals surface area (Å²) in [6.45, 7) is 3.53. The van der Waals surface area contributed by atoms with Gasteiger partial charge in [0.05, 0.1) is 4.90 Å². The van der Waals surface area contributed by atoms with Crippen molar-refractivity contribution in [2.75, 3.05) is 7.05 Å². The van der Waals surface area contributed by atoms with Gasteiger partial charge in [0.1, 0.15) is 17.5 Å². The van der Waals surface area contributed by atoms with Crippen LogP contribution < -0.4 is 5.32 Å². The third-order valence-electron chi connectivity index (χ3n) is 3.30. The molecule has 0 saturated heterocycles. The number of nitrogens with one attached hydrogen (secondary N) is 1. The molecule has 1 atom stereocenters. The fourth-order valence-electron chi connectivity index (χ4n) is 1.93. The molecule has 0 fully saturated rings. The van der Waals surface area contributed by atoms with Crippen LogP contribution in [0.25, 0.3) is 0 Å². The normalized spacial score (nSPS) is 12.5. The molecule has 1 unspecified atom stereocenters. The monoisotopic (exact) mass is 311 g/mol. The van der Waals surface area contributed by atoms with Crippen molar-refractivity contribution in [1.29, 1.82) is 0 Å². The maximum atomic E-state index is 13.8. The van der Waals surface area contributed by atoms with Crippen molar-refractivity contribution in [2.24, 2.45) is 0 Å². The van der Waals surface area contributed by atoms with Crippen LogP contribution in [0.5, 0.6) is 0 Å². The fraction of sp³-hybridized carbons (Fsp3) is 0.250. The zero-order valence-corrected chi connectivity index (χ0v) is 12.8. The summed E-state index contributed by atoms with van der Waals surface area (Å²) in [5, 5.41) is 3.03. The Hall–Kier alpha value is -1.46. The first-order chi connectivity index (χ1) is 9.92. The standard InChI is InChI=1S/C16H16F3NS/c1-9-6-15(12(8-14(9)19)10(2)20-3)21-16-7-11(17)4-5-13(16)18/h4-8,10,20H,1-3H3. The SMILES string of the molecule is CNC(C)c1cc(F)c(C)cc1Sc1cc(F)ccc1F. The number of halogens is 3. The molecule has 0 radical (unpaired) electrons. The van der Waals surface area contributed by atoms with Crippen LogP contribution in [-0.4, -0.2) is 7.05 Å². The van der Waals surface area contributed by atoms with Crippen molar-refractivity contribution in [3.8, 4) is 0 Å². The first kappa shape index (κ1) is 15.9. The summed E-state index contributed by atoms with van der Waals surface area (Å²) >= 11 is 1.10. The molecule has 5 heteroatoms. The second kappa shape index (κ2) is 6.54. The maximum Gasteiger partial charge on any atom is 0.137 e. The lowest BCUT2D eigenvalue weighted by molar-refractivity contribution is 0.576. The molecule has 0 saturated carbocycles. The minimum Gasteiger partial charge on any atom is -0.313 e. The minimum absolute atomic E-state index is 0.0979. The molecular formula is C16H16F3NS. The van der Waals surface area contributed by atoms with E-state index in [-0.39, 0.29) is 16.8 Å². The summed E-state index contributed by atoms with van der Waals surface area (Å²) in [4.78, 5) is 0.894. The second-order valence-corrected chi connectivity index (χ2v) is 5.91. The third-order valence-corrected chi connectivity index (χ3v) is 4.41. The molecule has 0 bridgehead atoms. The molecular weight excluding hydrogens is 295 g/mol. The Bertz CT molecular complexity index is 658. The average molecular weight is 311 g/mol. The predicted octanol–water partition coefficient (Wildman–Crippen LogP) is 4.84. The Morgan fingerprint density at radius 1 is 1.00 bits per heavy atom. The number of hydrogen-bond acceptors (Lipinski definition) is 2. The van der Waals surface area contributed by atoms with Gasteiger partial charge in [0.2, 0.25) is 0 Å². The number of benzene rings is 2. The van der Waals surface area contributed by atoms with E-state index in [0.29, 0.717) is 16.0 Å². The van der Waals surface area contributed by atoms with E-state index >= 15 is 0 Å². The van der Waals surface area contributed by atoms with Gasteiger partial charge in [-0.15, -0.1) is 0 Å². The largest absolute Gasteiger partial charge is 0.313 e. The van der Waals surface area contributed by atoms with Crippen molar-refractivity contribution in [3.63, 3.8) is 0 Å². The van der Waals surface area contributed by atoms with Crippen molar-refractivity contribution in [2.45, 2.75) is 29.7 Å². The Morgan fingerprint density at radius 2 is 1.71 bits per heavy atom. The molecule has 0 aliphatic carbocycles. The molecule has 2 rings (SSSR count). The zero-order valence-electron chi connectivity index (χ0n) is 12.0. The summed E-state index contributed by atoms with van der Waals surface area (Å²) in [6, 6.07) is 6.32. The van der Waals surface area contributed by atoms with Gasteiger partial charge < -0.3 is 5.32 Å². The molecule has 21 heavy (non-hydrogen) atoms. The quantitative estimate of drug-likeness (QED) is 0.867. The molecule has 112 valence electrons. The van der Waals surface area contributed by atoms with E-state index in [1.54, 1.807) is 20.0 Å². The summed E-state index contributed by atoms with van der Waals surface area (Å²) in [6.07, 6.45) is 0. The zero-order chi connectivity index (χ0) is 15.6. The summed E-state index contributed by atoms with van der Waals surface area (Å²) in [7, 11) is 1.76. The minimum atomic E-state index is -0.499. The van der Waals surface area contributed by atoms with Crippen LogP contribution in [0.4, 0.5) is 13.2 Å². The van der Waals surface area contributed by atoms with E-state index in [1.165, 1.54) is 6.07 Å². The average Bonchev–Trinajstić information content (AvgIpc) is 2.45. The summed E-state index contributed by atoms with van der Waals surface area (Å²) in [5.41, 5.74) is 1.19. The fourth-order valence-corrected chi connectivity index (χ4v) is 3.09. The molecule has 0 aromatic heterocycles. The number of aryl methyl sites for hydroxylation is 1. The third kappa shape index (κ3) is 3.60. The summed E-state index contributed by atoms with van der Waals surface area (Å²) in [5.74, 6) is -1.30. The highest BCUT2D eigenvalue weighted by atomic mass is 32.2. The first-order valence-corrected chi connectivity index (χ1v) is 7.34. The molecule has 0 amide bonds. The highest BCUT2D eigenvalue weighted by Gasteiger charge is 2.15. The van der Waals surface area contributed by atoms with Gasteiger partial charge in [-0.1, -0.05) is 11.8 Å². The molecule has 0 aliphatic heterocycles. The van der Waals surface area contributed by atoms with Crippen molar-refractivity contribution in [1.82, 2.24) is 5.32 Å². The van der Waals surface area contributed by atoms with Crippen molar-refractivity contribution >= 4 is 11.8 Å². The Kier molecular flexibility index (Phi) is 4.96. The van der Waals surface area contributed by atoms with Gasteiger partial charge in [0.15, 0.2) is 0 Å². The molecule has 0 spiro atoms. The Morgan fingerprint density at radius 3 is 2.38 bits per heavy atom. The van der Waals surface area contributed by atoms with E-state index < -0.39 is 11.6 Å². The van der Waals surface area contributed by atoms with Gasteiger partial charge in [0.25, 0.3) is 0 Å². The second-order valence-electron chi connectivity index (χ2n) is 4.83. The number of rotatable bonds is 4. The van der Waals surface area contributed by atoms with Gasteiger partial charge in [-0.3, -0.25) is 0 Å². The number of hydrogen-bond donors (Lipinski definition) is 1. The van der Waals surface area contributed by atoms with Gasteiger partial charge in [-0.2, -0.15) is 0 Å². The van der Waals surface area contributed by atoms with E-state index in [9.17, 15) is 13.2 Å². The van der Waals surface area contributed by atoms with Crippen LogP contribution in [0.15, 0.2) is 40.1 Å². The topological polar surface area (TPSA) is 12.0 Å². The van der Waals surface area contributed by atoms with Crippen LogP contribution in [0.3, 0.4) is 0 Å². The Labute approximate surface area is 126 Å². The molecule has 1 nitrogen and oxygen atoms in total. The van der Waals surface area contributed by atoms with Crippen LogP contribution >= 0.6 is 11.8 Å². The highest BCUT2D eigenvalue weighted by molar-refractivity contribution is 7.99. The molecule has 0 aliphatic rings. The van der Waals surface area contributed by atoms with Crippen LogP contribution in [0.1, 0.15) is 24.1 Å². The van der Waals surface area contributed by atoms with Crippen LogP contribution in [0.2, 0.25) is 0 Å². The van der Waals surface area contributed by atoms with Crippen LogP contribution in [-0.2, 0) is 0 Å². The first-order valence-electron chi connectivity index (χ1n) is 6.52. The van der Waals surface area contributed by atoms with E-state index in [4.69, 9.17) is 0 Å². The molecule has 1 N–H and O–H groups in total.